The number of nitrogens with two attached hydrogens (primary N) is 1. The van der Waals surface area contributed by atoms with Gasteiger partial charge in [0.2, 0.25) is 11.8 Å². The molecule has 2 aromatic rings. The molecule has 0 amide bonds. The van der Waals surface area contributed by atoms with Crippen molar-refractivity contribution in [1.29, 1.82) is 0 Å². The molecule has 3 heterocycles. The molecular formula is C15H22N6OS. The van der Waals surface area contributed by atoms with E-state index in [1.54, 1.807) is 23.6 Å². The molecule has 0 spiro atoms. The molecule has 0 bridgehead atoms. The average molecular weight is 334 g/mol. The summed E-state index contributed by atoms with van der Waals surface area (Å²) in [4.78, 5) is 18.9. The van der Waals surface area contributed by atoms with Crippen LogP contribution in [0.25, 0.3) is 0 Å². The minimum atomic E-state index is 0.613. The van der Waals surface area contributed by atoms with E-state index in [4.69, 9.17) is 10.5 Å². The number of hydrogen-bond acceptors (Lipinski definition) is 8. The van der Waals surface area contributed by atoms with Crippen molar-refractivity contribution in [2.45, 2.75) is 19.9 Å². The van der Waals surface area contributed by atoms with Crippen LogP contribution in [-0.2, 0) is 6.54 Å². The molecule has 1 fully saturated rings. The highest BCUT2D eigenvalue weighted by Crippen LogP contribution is 2.19. The first-order valence-electron chi connectivity index (χ1n) is 7.88. The van der Waals surface area contributed by atoms with Gasteiger partial charge < -0.3 is 15.4 Å². The van der Waals surface area contributed by atoms with E-state index in [1.165, 1.54) is 4.88 Å². The molecule has 1 saturated heterocycles. The van der Waals surface area contributed by atoms with E-state index in [9.17, 15) is 0 Å². The quantitative estimate of drug-likeness (QED) is 0.890. The lowest BCUT2D eigenvalue weighted by Crippen LogP contribution is -2.31. The number of nitrogens with zero attached hydrogens (tertiary/aromatic N) is 5. The first-order valence-corrected chi connectivity index (χ1v) is 8.69. The van der Waals surface area contributed by atoms with Crippen molar-refractivity contribution >= 4 is 22.4 Å². The number of ether oxygens (including phenoxy) is 1. The molecule has 1 aliphatic heterocycles. The summed E-state index contributed by atoms with van der Waals surface area (Å²) in [7, 11) is 0. The van der Waals surface area contributed by atoms with Crippen LogP contribution in [0.5, 0.6) is 5.88 Å². The van der Waals surface area contributed by atoms with Crippen LogP contribution in [0.3, 0.4) is 0 Å². The fourth-order valence-electron chi connectivity index (χ4n) is 2.66. The van der Waals surface area contributed by atoms with Crippen LogP contribution >= 0.6 is 11.3 Å². The first kappa shape index (κ1) is 15.9. The third kappa shape index (κ3) is 4.29. The van der Waals surface area contributed by atoms with Gasteiger partial charge in [0, 0.05) is 56.1 Å². The SMILES string of the molecule is CCOc1ccnc(N2CCCN(Cc3cnc(N)s3)CC2)n1. The van der Waals surface area contributed by atoms with Crippen molar-refractivity contribution in [3.63, 3.8) is 0 Å². The lowest BCUT2D eigenvalue weighted by molar-refractivity contribution is 0.287. The van der Waals surface area contributed by atoms with E-state index in [1.807, 2.05) is 13.1 Å². The standard InChI is InChI=1S/C15H22N6OS/c1-2-22-13-4-5-17-15(19-13)21-7-3-6-20(8-9-21)11-12-10-18-14(16)23-12/h4-5,10H,2-3,6-9,11H2,1H3,(H2,16,18). The Morgan fingerprint density at radius 2 is 2.17 bits per heavy atom. The molecule has 0 aliphatic carbocycles. The van der Waals surface area contributed by atoms with Crippen LogP contribution < -0.4 is 15.4 Å². The Bertz CT molecular complexity index is 634. The Morgan fingerprint density at radius 1 is 1.26 bits per heavy atom. The molecular weight excluding hydrogens is 312 g/mol. The average Bonchev–Trinajstić information content (AvgIpc) is 2.82. The molecule has 2 N–H and O–H groups in total. The van der Waals surface area contributed by atoms with Gasteiger partial charge in [-0.1, -0.05) is 0 Å². The molecule has 0 aromatic carbocycles. The van der Waals surface area contributed by atoms with Gasteiger partial charge in [0.25, 0.3) is 0 Å². The van der Waals surface area contributed by atoms with Gasteiger partial charge in [-0.2, -0.15) is 4.98 Å². The molecule has 1 aliphatic rings. The molecule has 3 rings (SSSR count). The largest absolute Gasteiger partial charge is 0.478 e. The predicted molar refractivity (Wildman–Crippen MR) is 91.8 cm³/mol. The normalized spacial score (nSPS) is 16.3. The maximum absolute atomic E-state index is 5.70. The highest BCUT2D eigenvalue weighted by Gasteiger charge is 2.18. The number of rotatable bonds is 5. The third-order valence-electron chi connectivity index (χ3n) is 3.73. The van der Waals surface area contributed by atoms with Crippen molar-refractivity contribution in [1.82, 2.24) is 19.9 Å². The zero-order valence-electron chi connectivity index (χ0n) is 13.3. The fourth-order valence-corrected chi connectivity index (χ4v) is 3.38. The van der Waals surface area contributed by atoms with Gasteiger partial charge in [0.05, 0.1) is 6.61 Å². The molecule has 124 valence electrons. The van der Waals surface area contributed by atoms with E-state index in [0.717, 1.165) is 45.1 Å². The van der Waals surface area contributed by atoms with Crippen LogP contribution in [0.1, 0.15) is 18.2 Å². The topological polar surface area (TPSA) is 80.4 Å². The van der Waals surface area contributed by atoms with Gasteiger partial charge in [0.15, 0.2) is 5.13 Å². The minimum Gasteiger partial charge on any atom is -0.478 e. The van der Waals surface area contributed by atoms with Gasteiger partial charge >= 0.3 is 0 Å². The van der Waals surface area contributed by atoms with E-state index in [-0.39, 0.29) is 0 Å². The Hall–Kier alpha value is -1.93. The van der Waals surface area contributed by atoms with Crippen molar-refractivity contribution < 1.29 is 4.74 Å². The van der Waals surface area contributed by atoms with Crippen molar-refractivity contribution in [2.24, 2.45) is 0 Å². The van der Waals surface area contributed by atoms with E-state index in [0.29, 0.717) is 17.6 Å². The maximum Gasteiger partial charge on any atom is 0.228 e. The molecule has 8 heteroatoms. The second-order valence-corrected chi connectivity index (χ2v) is 6.56. The Labute approximate surface area is 140 Å². The first-order chi connectivity index (χ1) is 11.2. The molecule has 23 heavy (non-hydrogen) atoms. The lowest BCUT2D eigenvalue weighted by atomic mass is 10.3. The number of nitrogen functional groups attached to an aromatic ring is 1. The zero-order chi connectivity index (χ0) is 16.1. The summed E-state index contributed by atoms with van der Waals surface area (Å²) >= 11 is 1.56. The number of aromatic nitrogens is 3. The Balaban J connectivity index is 1.60. The molecule has 0 radical (unpaired) electrons. The van der Waals surface area contributed by atoms with Gasteiger partial charge in [-0.15, -0.1) is 11.3 Å². The van der Waals surface area contributed by atoms with Crippen LogP contribution in [0.2, 0.25) is 0 Å². The summed E-state index contributed by atoms with van der Waals surface area (Å²) in [5, 5.41) is 0.637. The summed E-state index contributed by atoms with van der Waals surface area (Å²) in [6, 6.07) is 1.80. The molecule has 0 atom stereocenters. The van der Waals surface area contributed by atoms with Crippen LogP contribution in [0.4, 0.5) is 11.1 Å². The van der Waals surface area contributed by atoms with E-state index < -0.39 is 0 Å². The lowest BCUT2D eigenvalue weighted by Gasteiger charge is -2.21. The summed E-state index contributed by atoms with van der Waals surface area (Å²) in [5.74, 6) is 1.39. The highest BCUT2D eigenvalue weighted by atomic mass is 32.1. The van der Waals surface area contributed by atoms with Gasteiger partial charge in [-0.05, 0) is 13.3 Å². The molecule has 0 saturated carbocycles. The minimum absolute atomic E-state index is 0.613. The summed E-state index contributed by atoms with van der Waals surface area (Å²) in [5.41, 5.74) is 5.70. The van der Waals surface area contributed by atoms with Crippen LogP contribution in [0.15, 0.2) is 18.5 Å². The van der Waals surface area contributed by atoms with Gasteiger partial charge in [0.1, 0.15) is 0 Å². The predicted octanol–water partition coefficient (Wildman–Crippen LogP) is 1.63. The van der Waals surface area contributed by atoms with Crippen molar-refractivity contribution in [3.8, 4) is 5.88 Å². The fraction of sp³-hybridized carbons (Fsp3) is 0.533. The number of hydrogen-bond donors (Lipinski definition) is 1. The van der Waals surface area contributed by atoms with Gasteiger partial charge in [-0.3, -0.25) is 4.90 Å². The summed E-state index contributed by atoms with van der Waals surface area (Å²) in [6.07, 6.45) is 4.71. The van der Waals surface area contributed by atoms with Crippen molar-refractivity contribution in [3.05, 3.63) is 23.3 Å². The van der Waals surface area contributed by atoms with Gasteiger partial charge in [-0.25, -0.2) is 9.97 Å². The molecule has 2 aromatic heterocycles. The number of anilines is 2. The Kier molecular flexibility index (Phi) is 5.24. The second-order valence-electron chi connectivity index (χ2n) is 5.41. The summed E-state index contributed by atoms with van der Waals surface area (Å²) < 4.78 is 5.47. The monoisotopic (exact) mass is 334 g/mol. The zero-order valence-corrected chi connectivity index (χ0v) is 14.1. The maximum atomic E-state index is 5.70. The number of thiazole rings is 1. The van der Waals surface area contributed by atoms with Crippen molar-refractivity contribution in [2.75, 3.05) is 43.4 Å². The highest BCUT2D eigenvalue weighted by molar-refractivity contribution is 7.15. The molecule has 0 unspecified atom stereocenters. The Morgan fingerprint density at radius 3 is 2.96 bits per heavy atom. The second kappa shape index (κ2) is 7.56. The third-order valence-corrected chi connectivity index (χ3v) is 4.54. The molecule has 7 nitrogen and oxygen atoms in total. The van der Waals surface area contributed by atoms with E-state index in [2.05, 4.69) is 24.8 Å². The smallest absolute Gasteiger partial charge is 0.228 e. The van der Waals surface area contributed by atoms with E-state index >= 15 is 0 Å². The van der Waals surface area contributed by atoms with Crippen LogP contribution in [0, 0.1) is 0 Å². The summed E-state index contributed by atoms with van der Waals surface area (Å²) in [6.45, 7) is 7.36. The van der Waals surface area contributed by atoms with Crippen LogP contribution in [-0.4, -0.2) is 52.6 Å².